The fourth-order valence-corrected chi connectivity index (χ4v) is 4.40. The Balaban J connectivity index is 2.08. The van der Waals surface area contributed by atoms with E-state index in [2.05, 4.69) is 24.1 Å². The van der Waals surface area contributed by atoms with Crippen molar-refractivity contribution in [2.24, 2.45) is 0 Å². The molecule has 1 aromatic heterocycles. The summed E-state index contributed by atoms with van der Waals surface area (Å²) in [5, 5.41) is 3.43. The lowest BCUT2D eigenvalue weighted by atomic mass is 10.2. The van der Waals surface area contributed by atoms with Gasteiger partial charge in [-0.15, -0.1) is 0 Å². The molecule has 1 aliphatic rings. The molecule has 0 saturated carbocycles. The number of thioether (sulfide) groups is 1. The predicted octanol–water partition coefficient (Wildman–Crippen LogP) is 1.32. The number of pyridine rings is 1. The largest absolute Gasteiger partial charge is 0.310 e. The van der Waals surface area contributed by atoms with Crippen molar-refractivity contribution in [3.05, 3.63) is 23.9 Å². The summed E-state index contributed by atoms with van der Waals surface area (Å²) in [6.07, 6.45) is 1.64. The van der Waals surface area contributed by atoms with Gasteiger partial charge in [0.05, 0.1) is 0 Å². The Kier molecular flexibility index (Phi) is 5.42. The maximum atomic E-state index is 12.4. The summed E-state index contributed by atoms with van der Waals surface area (Å²) in [7, 11) is -3.42. The number of hydrogen-bond donors (Lipinski definition) is 1. The van der Waals surface area contributed by atoms with Gasteiger partial charge in [0.15, 0.2) is 5.03 Å². The molecule has 0 aliphatic carbocycles. The van der Waals surface area contributed by atoms with Crippen molar-refractivity contribution in [1.82, 2.24) is 14.6 Å². The van der Waals surface area contributed by atoms with Crippen molar-refractivity contribution in [2.45, 2.75) is 31.5 Å². The minimum absolute atomic E-state index is 0.151. The Morgan fingerprint density at radius 3 is 2.60 bits per heavy atom. The molecule has 1 fully saturated rings. The number of nitrogens with one attached hydrogen (secondary N) is 1. The molecule has 1 saturated heterocycles. The van der Waals surface area contributed by atoms with Crippen LogP contribution in [0, 0.1) is 0 Å². The minimum atomic E-state index is -3.42. The van der Waals surface area contributed by atoms with Crippen LogP contribution in [0.2, 0.25) is 0 Å². The molecule has 0 aromatic carbocycles. The second-order valence-corrected chi connectivity index (χ2v) is 8.17. The Bertz CT molecular complexity index is 523. The lowest BCUT2D eigenvalue weighted by Crippen LogP contribution is -2.38. The number of sulfonamides is 1. The average Bonchev–Trinajstić information content (AvgIpc) is 2.46. The highest BCUT2D eigenvalue weighted by molar-refractivity contribution is 7.99. The zero-order chi connectivity index (χ0) is 14.6. The van der Waals surface area contributed by atoms with Gasteiger partial charge in [0.25, 0.3) is 10.0 Å². The second-order valence-electron chi connectivity index (χ2n) is 5.06. The molecule has 5 nitrogen and oxygen atoms in total. The highest BCUT2D eigenvalue weighted by Crippen LogP contribution is 2.18. The summed E-state index contributed by atoms with van der Waals surface area (Å²) in [5.74, 6) is 1.71. The molecule has 2 heterocycles. The first kappa shape index (κ1) is 15.8. The summed E-state index contributed by atoms with van der Waals surface area (Å²) in [6, 6.07) is 3.83. The van der Waals surface area contributed by atoms with Crippen molar-refractivity contribution >= 4 is 21.8 Å². The van der Waals surface area contributed by atoms with E-state index in [1.807, 2.05) is 6.07 Å². The molecule has 0 bridgehead atoms. The summed E-state index contributed by atoms with van der Waals surface area (Å²) < 4.78 is 26.3. The van der Waals surface area contributed by atoms with Gasteiger partial charge in [-0.25, -0.2) is 13.4 Å². The SMILES string of the molecule is CC(C)NCc1ccc(S(=O)(=O)N2CCSCC2)nc1. The molecule has 7 heteroatoms. The summed E-state index contributed by atoms with van der Waals surface area (Å²) in [4.78, 5) is 4.13. The van der Waals surface area contributed by atoms with Gasteiger partial charge < -0.3 is 5.32 Å². The van der Waals surface area contributed by atoms with Crippen LogP contribution in [0.1, 0.15) is 19.4 Å². The van der Waals surface area contributed by atoms with Crippen LogP contribution in [0.25, 0.3) is 0 Å². The molecule has 112 valence electrons. The normalized spacial score (nSPS) is 17.6. The van der Waals surface area contributed by atoms with Gasteiger partial charge in [0.2, 0.25) is 0 Å². The van der Waals surface area contributed by atoms with Crippen LogP contribution in [0.4, 0.5) is 0 Å². The molecule has 1 N–H and O–H groups in total. The van der Waals surface area contributed by atoms with Crippen LogP contribution in [0.3, 0.4) is 0 Å². The molecular formula is C13H21N3O2S2. The van der Waals surface area contributed by atoms with E-state index in [1.54, 1.807) is 24.0 Å². The van der Waals surface area contributed by atoms with Gasteiger partial charge in [-0.1, -0.05) is 19.9 Å². The monoisotopic (exact) mass is 315 g/mol. The third-order valence-corrected chi connectivity index (χ3v) is 5.84. The highest BCUT2D eigenvalue weighted by Gasteiger charge is 2.27. The van der Waals surface area contributed by atoms with Crippen molar-refractivity contribution in [3.8, 4) is 0 Å². The summed E-state index contributed by atoms with van der Waals surface area (Å²) >= 11 is 1.79. The Labute approximate surface area is 125 Å². The Morgan fingerprint density at radius 2 is 2.05 bits per heavy atom. The van der Waals surface area contributed by atoms with E-state index in [1.165, 1.54) is 4.31 Å². The van der Waals surface area contributed by atoms with Gasteiger partial charge >= 0.3 is 0 Å². The fraction of sp³-hybridized carbons (Fsp3) is 0.615. The van der Waals surface area contributed by atoms with Crippen LogP contribution in [0.15, 0.2) is 23.4 Å². The zero-order valence-electron chi connectivity index (χ0n) is 11.9. The smallest absolute Gasteiger partial charge is 0.260 e. The molecule has 2 rings (SSSR count). The number of nitrogens with zero attached hydrogens (tertiary/aromatic N) is 2. The summed E-state index contributed by atoms with van der Waals surface area (Å²) in [6.45, 7) is 5.99. The molecule has 0 spiro atoms. The fourth-order valence-electron chi connectivity index (χ4n) is 1.91. The molecule has 1 aromatic rings. The molecule has 20 heavy (non-hydrogen) atoms. The van der Waals surface area contributed by atoms with Crippen LogP contribution in [-0.2, 0) is 16.6 Å². The van der Waals surface area contributed by atoms with E-state index in [-0.39, 0.29) is 5.03 Å². The predicted molar refractivity (Wildman–Crippen MR) is 82.3 cm³/mol. The number of aromatic nitrogens is 1. The van der Waals surface area contributed by atoms with Crippen LogP contribution < -0.4 is 5.32 Å². The van der Waals surface area contributed by atoms with E-state index >= 15 is 0 Å². The van der Waals surface area contributed by atoms with Gasteiger partial charge in [-0.05, 0) is 11.6 Å². The molecule has 0 amide bonds. The molecule has 0 radical (unpaired) electrons. The third kappa shape index (κ3) is 3.94. The highest BCUT2D eigenvalue weighted by atomic mass is 32.2. The van der Waals surface area contributed by atoms with Crippen molar-refractivity contribution < 1.29 is 8.42 Å². The third-order valence-electron chi connectivity index (χ3n) is 3.09. The van der Waals surface area contributed by atoms with Gasteiger partial charge in [-0.2, -0.15) is 16.1 Å². The Hall–Kier alpha value is -0.630. The molecule has 1 aliphatic heterocycles. The maximum absolute atomic E-state index is 12.4. The van der Waals surface area contributed by atoms with E-state index in [0.29, 0.717) is 25.7 Å². The second kappa shape index (κ2) is 6.89. The quantitative estimate of drug-likeness (QED) is 0.888. The molecule has 0 atom stereocenters. The van der Waals surface area contributed by atoms with Crippen molar-refractivity contribution in [3.63, 3.8) is 0 Å². The first-order valence-electron chi connectivity index (χ1n) is 6.76. The number of rotatable bonds is 5. The lowest BCUT2D eigenvalue weighted by Gasteiger charge is -2.25. The minimum Gasteiger partial charge on any atom is -0.310 e. The van der Waals surface area contributed by atoms with Crippen LogP contribution in [-0.4, -0.2) is 48.3 Å². The van der Waals surface area contributed by atoms with Crippen molar-refractivity contribution in [1.29, 1.82) is 0 Å². The standard InChI is InChI=1S/C13H21N3O2S2/c1-11(2)14-9-12-3-4-13(15-10-12)20(17,18)16-5-7-19-8-6-16/h3-4,10-11,14H,5-9H2,1-2H3. The lowest BCUT2D eigenvalue weighted by molar-refractivity contribution is 0.441. The topological polar surface area (TPSA) is 62.3 Å². The van der Waals surface area contributed by atoms with Crippen molar-refractivity contribution in [2.75, 3.05) is 24.6 Å². The average molecular weight is 315 g/mol. The van der Waals surface area contributed by atoms with Gasteiger partial charge in [-0.3, -0.25) is 0 Å². The van der Waals surface area contributed by atoms with Gasteiger partial charge in [0.1, 0.15) is 0 Å². The first-order chi connectivity index (χ1) is 9.50. The van der Waals surface area contributed by atoms with E-state index in [0.717, 1.165) is 17.1 Å². The zero-order valence-corrected chi connectivity index (χ0v) is 13.5. The van der Waals surface area contributed by atoms with E-state index in [9.17, 15) is 8.42 Å². The van der Waals surface area contributed by atoms with Gasteiger partial charge in [0, 0.05) is 43.4 Å². The first-order valence-corrected chi connectivity index (χ1v) is 9.36. The van der Waals surface area contributed by atoms with Crippen LogP contribution in [0.5, 0.6) is 0 Å². The van der Waals surface area contributed by atoms with E-state index in [4.69, 9.17) is 0 Å². The summed E-state index contributed by atoms with van der Waals surface area (Å²) in [5.41, 5.74) is 0.992. The van der Waals surface area contributed by atoms with Crippen LogP contribution >= 0.6 is 11.8 Å². The van der Waals surface area contributed by atoms with E-state index < -0.39 is 10.0 Å². The Morgan fingerprint density at radius 1 is 1.35 bits per heavy atom. The maximum Gasteiger partial charge on any atom is 0.260 e. The molecular weight excluding hydrogens is 294 g/mol. The molecule has 0 unspecified atom stereocenters. The number of hydrogen-bond acceptors (Lipinski definition) is 5.